The molecule has 3 heteroatoms. The van der Waals surface area contributed by atoms with Crippen LogP contribution in [0.3, 0.4) is 0 Å². The summed E-state index contributed by atoms with van der Waals surface area (Å²) < 4.78 is 0. The van der Waals surface area contributed by atoms with Gasteiger partial charge in [0.2, 0.25) is 0 Å². The smallest absolute Gasteiger partial charge is 0.0848 e. The van der Waals surface area contributed by atoms with Crippen LogP contribution in [0, 0.1) is 0 Å². The van der Waals surface area contributed by atoms with Crippen LogP contribution in [0.1, 0.15) is 24.3 Å². The molecular formula is C8H13NOS. The molecule has 0 aliphatic rings. The molecule has 1 rings (SSSR count). The highest BCUT2D eigenvalue weighted by Crippen LogP contribution is 2.24. The first kappa shape index (κ1) is 8.71. The lowest BCUT2D eigenvalue weighted by molar-refractivity contribution is 0.0790. The molecule has 0 fully saturated rings. The Hall–Kier alpha value is -0.380. The fraction of sp³-hybridized carbons (Fsp3) is 0.500. The molecule has 0 amide bonds. The van der Waals surface area contributed by atoms with Gasteiger partial charge in [-0.15, -0.1) is 11.3 Å². The monoisotopic (exact) mass is 171 g/mol. The summed E-state index contributed by atoms with van der Waals surface area (Å²) in [6, 6.07) is 1.95. The molecule has 0 aliphatic carbocycles. The summed E-state index contributed by atoms with van der Waals surface area (Å²) in [6.07, 6.45) is 0. The molecule has 1 heterocycles. The van der Waals surface area contributed by atoms with Crippen molar-refractivity contribution in [3.8, 4) is 0 Å². The number of aliphatic hydroxyl groups is 1. The van der Waals surface area contributed by atoms with Crippen molar-refractivity contribution < 1.29 is 5.11 Å². The van der Waals surface area contributed by atoms with Gasteiger partial charge in [-0.2, -0.15) is 0 Å². The summed E-state index contributed by atoms with van der Waals surface area (Å²) in [5, 5.41) is 11.5. The summed E-state index contributed by atoms with van der Waals surface area (Å²) in [7, 11) is 0. The van der Waals surface area contributed by atoms with Gasteiger partial charge >= 0.3 is 0 Å². The van der Waals surface area contributed by atoms with Crippen LogP contribution in [0.5, 0.6) is 0 Å². The molecule has 3 N–H and O–H groups in total. The third-order valence-corrected chi connectivity index (χ3v) is 2.52. The topological polar surface area (TPSA) is 46.2 Å². The van der Waals surface area contributed by atoms with Crippen molar-refractivity contribution in [1.29, 1.82) is 0 Å². The van der Waals surface area contributed by atoms with Gasteiger partial charge in [0, 0.05) is 11.4 Å². The normalized spacial score (nSPS) is 12.0. The Balaban J connectivity index is 2.89. The van der Waals surface area contributed by atoms with E-state index in [0.717, 1.165) is 10.4 Å². The molecule has 1 aromatic heterocycles. The van der Waals surface area contributed by atoms with Gasteiger partial charge in [0.25, 0.3) is 0 Å². The van der Waals surface area contributed by atoms with Crippen molar-refractivity contribution in [2.45, 2.75) is 26.0 Å². The first-order valence-corrected chi connectivity index (χ1v) is 4.42. The molecule has 0 unspecified atom stereocenters. The summed E-state index contributed by atoms with van der Waals surface area (Å²) >= 11 is 1.59. The molecule has 62 valence electrons. The van der Waals surface area contributed by atoms with E-state index in [9.17, 15) is 5.11 Å². The molecule has 0 radical (unpaired) electrons. The third-order valence-electron chi connectivity index (χ3n) is 1.56. The van der Waals surface area contributed by atoms with Gasteiger partial charge in [-0.3, -0.25) is 0 Å². The van der Waals surface area contributed by atoms with Crippen molar-refractivity contribution in [3.63, 3.8) is 0 Å². The number of thiophene rings is 1. The predicted molar refractivity (Wildman–Crippen MR) is 47.5 cm³/mol. The quantitative estimate of drug-likeness (QED) is 0.707. The molecule has 0 aliphatic heterocycles. The first-order chi connectivity index (χ1) is 5.04. The van der Waals surface area contributed by atoms with Gasteiger partial charge in [-0.25, -0.2) is 0 Å². The van der Waals surface area contributed by atoms with E-state index < -0.39 is 5.60 Å². The molecule has 11 heavy (non-hydrogen) atoms. The Morgan fingerprint density at radius 3 is 2.55 bits per heavy atom. The number of hydrogen-bond acceptors (Lipinski definition) is 3. The largest absolute Gasteiger partial charge is 0.386 e. The number of nitrogens with two attached hydrogens (primary N) is 1. The molecule has 2 nitrogen and oxygen atoms in total. The molecule has 0 bridgehead atoms. The van der Waals surface area contributed by atoms with Gasteiger partial charge in [0.15, 0.2) is 0 Å². The van der Waals surface area contributed by atoms with Crippen molar-refractivity contribution >= 4 is 11.3 Å². The third kappa shape index (κ3) is 2.02. The standard InChI is InChI=1S/C8H13NOS/c1-8(2,10)6-3-7(4-9)11-5-6/h3,5,10H,4,9H2,1-2H3. The minimum atomic E-state index is -0.732. The maximum atomic E-state index is 9.56. The van der Waals surface area contributed by atoms with Gasteiger partial charge in [0.05, 0.1) is 5.60 Å². The summed E-state index contributed by atoms with van der Waals surface area (Å²) in [5.41, 5.74) is 5.65. The SMILES string of the molecule is CC(C)(O)c1csc(CN)c1. The minimum Gasteiger partial charge on any atom is -0.386 e. The van der Waals surface area contributed by atoms with Crippen molar-refractivity contribution in [3.05, 3.63) is 21.9 Å². The van der Waals surface area contributed by atoms with Crippen LogP contribution in [0.15, 0.2) is 11.4 Å². The van der Waals surface area contributed by atoms with E-state index in [1.54, 1.807) is 25.2 Å². The van der Waals surface area contributed by atoms with E-state index in [0.29, 0.717) is 6.54 Å². The average molecular weight is 171 g/mol. The van der Waals surface area contributed by atoms with Crippen LogP contribution in [-0.2, 0) is 12.1 Å². The van der Waals surface area contributed by atoms with E-state index in [1.165, 1.54) is 0 Å². The minimum absolute atomic E-state index is 0.556. The van der Waals surface area contributed by atoms with E-state index in [1.807, 2.05) is 11.4 Å². The van der Waals surface area contributed by atoms with Crippen molar-refractivity contribution in [2.24, 2.45) is 5.73 Å². The van der Waals surface area contributed by atoms with E-state index in [2.05, 4.69) is 0 Å². The maximum absolute atomic E-state index is 9.56. The second-order valence-electron chi connectivity index (χ2n) is 3.06. The summed E-state index contributed by atoms with van der Waals surface area (Å²) in [6.45, 7) is 4.10. The van der Waals surface area contributed by atoms with Gasteiger partial charge in [-0.05, 0) is 30.9 Å². The lowest BCUT2D eigenvalue weighted by Gasteiger charge is -2.14. The second kappa shape index (κ2) is 2.93. The van der Waals surface area contributed by atoms with Crippen LogP contribution in [0.2, 0.25) is 0 Å². The van der Waals surface area contributed by atoms with Gasteiger partial charge < -0.3 is 10.8 Å². The predicted octanol–water partition coefficient (Wildman–Crippen LogP) is 1.43. The zero-order chi connectivity index (χ0) is 8.48. The molecule has 1 aromatic rings. The fourth-order valence-corrected chi connectivity index (χ4v) is 1.73. The molecule has 0 saturated carbocycles. The lowest BCUT2D eigenvalue weighted by Crippen LogP contribution is -2.13. The van der Waals surface area contributed by atoms with Crippen LogP contribution in [0.4, 0.5) is 0 Å². The summed E-state index contributed by atoms with van der Waals surface area (Å²) in [5.74, 6) is 0. The van der Waals surface area contributed by atoms with Crippen LogP contribution < -0.4 is 5.73 Å². The first-order valence-electron chi connectivity index (χ1n) is 3.54. The lowest BCUT2D eigenvalue weighted by atomic mass is 10.0. The highest BCUT2D eigenvalue weighted by atomic mass is 32.1. The Morgan fingerprint density at radius 2 is 2.27 bits per heavy atom. The second-order valence-corrected chi connectivity index (χ2v) is 4.06. The van der Waals surface area contributed by atoms with Crippen LogP contribution in [0.25, 0.3) is 0 Å². The van der Waals surface area contributed by atoms with E-state index in [-0.39, 0.29) is 0 Å². The molecule has 0 atom stereocenters. The molecule has 0 saturated heterocycles. The highest BCUT2D eigenvalue weighted by Gasteiger charge is 2.16. The maximum Gasteiger partial charge on any atom is 0.0848 e. The molecule has 0 spiro atoms. The number of hydrogen-bond donors (Lipinski definition) is 2. The molecule has 0 aromatic carbocycles. The van der Waals surface area contributed by atoms with Gasteiger partial charge in [0.1, 0.15) is 0 Å². The fourth-order valence-electron chi connectivity index (χ4n) is 0.809. The van der Waals surface area contributed by atoms with Crippen molar-refractivity contribution in [1.82, 2.24) is 0 Å². The Labute approximate surface area is 70.7 Å². The Bertz CT molecular complexity index is 236. The van der Waals surface area contributed by atoms with E-state index in [4.69, 9.17) is 5.73 Å². The Kier molecular flexibility index (Phi) is 2.32. The average Bonchev–Trinajstić information content (AvgIpc) is 2.32. The van der Waals surface area contributed by atoms with Crippen molar-refractivity contribution in [2.75, 3.05) is 0 Å². The zero-order valence-electron chi connectivity index (χ0n) is 6.79. The van der Waals surface area contributed by atoms with Crippen LogP contribution >= 0.6 is 11.3 Å². The van der Waals surface area contributed by atoms with Crippen LogP contribution in [-0.4, -0.2) is 5.11 Å². The Morgan fingerprint density at radius 1 is 1.64 bits per heavy atom. The summed E-state index contributed by atoms with van der Waals surface area (Å²) in [4.78, 5) is 1.11. The zero-order valence-corrected chi connectivity index (χ0v) is 7.61. The van der Waals surface area contributed by atoms with E-state index >= 15 is 0 Å². The highest BCUT2D eigenvalue weighted by molar-refractivity contribution is 7.10. The van der Waals surface area contributed by atoms with Gasteiger partial charge in [-0.1, -0.05) is 0 Å². The molecular weight excluding hydrogens is 158 g/mol. The number of rotatable bonds is 2.